The van der Waals surface area contributed by atoms with Gasteiger partial charge >= 0.3 is 0 Å². The van der Waals surface area contributed by atoms with Crippen LogP contribution >= 0.6 is 0 Å². The molecule has 0 fully saturated rings. The quantitative estimate of drug-likeness (QED) is 0.718. The molecular weight excluding hydrogens is 194 g/mol. The molecule has 1 rings (SSSR count). The smallest absolute Gasteiger partial charge is 0.220 e. The largest absolute Gasteiger partial charge is 0.493 e. The molecule has 1 aliphatic rings. The summed E-state index contributed by atoms with van der Waals surface area (Å²) in [4.78, 5) is 11.2. The van der Waals surface area contributed by atoms with Crippen LogP contribution in [0.5, 0.6) is 0 Å². The zero-order valence-corrected chi connectivity index (χ0v) is 9.10. The maximum Gasteiger partial charge on any atom is 0.220 e. The van der Waals surface area contributed by atoms with Crippen LogP contribution in [0.3, 0.4) is 0 Å². The van der Waals surface area contributed by atoms with Gasteiger partial charge in [-0.3, -0.25) is 15.1 Å². The second-order valence-corrected chi connectivity index (χ2v) is 3.51. The van der Waals surface area contributed by atoms with Crippen LogP contribution in [0.25, 0.3) is 0 Å². The van der Waals surface area contributed by atoms with E-state index in [9.17, 15) is 10.0 Å². The fraction of sp³-hybridized carbons (Fsp3) is 0.364. The van der Waals surface area contributed by atoms with Crippen molar-refractivity contribution in [3.05, 3.63) is 35.8 Å². The van der Waals surface area contributed by atoms with E-state index in [1.165, 1.54) is 13.2 Å². The first-order valence-corrected chi connectivity index (χ1v) is 4.71. The number of allylic oxidation sites excluding steroid dienone is 4. The van der Waals surface area contributed by atoms with E-state index < -0.39 is 0 Å². The number of methoxy groups -OCH3 is 1. The third-order valence-electron chi connectivity index (χ3n) is 2.00. The van der Waals surface area contributed by atoms with Crippen LogP contribution < -0.4 is 0 Å². The Morgan fingerprint density at radius 1 is 1.47 bits per heavy atom. The second-order valence-electron chi connectivity index (χ2n) is 3.51. The molecule has 0 aromatic rings. The number of carbonyl (C=O) groups excluding carboxylic acids is 1. The highest BCUT2D eigenvalue weighted by Crippen LogP contribution is 2.14. The third kappa shape index (κ3) is 2.95. The van der Waals surface area contributed by atoms with Gasteiger partial charge < -0.3 is 4.74 Å². The van der Waals surface area contributed by atoms with Crippen LogP contribution in [0.4, 0.5) is 0 Å². The summed E-state index contributed by atoms with van der Waals surface area (Å²) in [6.07, 6.45) is 6.19. The van der Waals surface area contributed by atoms with Crippen molar-refractivity contribution < 1.29 is 14.7 Å². The number of carbonyl (C=O) groups is 1. The average Bonchev–Trinajstić information content (AvgIpc) is 2.20. The van der Waals surface area contributed by atoms with Gasteiger partial charge in [-0.05, 0) is 37.6 Å². The molecule has 0 saturated heterocycles. The Kier molecular flexibility index (Phi) is 3.68. The van der Waals surface area contributed by atoms with Gasteiger partial charge in [-0.25, -0.2) is 0 Å². The van der Waals surface area contributed by atoms with E-state index in [4.69, 9.17) is 4.74 Å². The molecule has 0 heterocycles. The minimum Gasteiger partial charge on any atom is -0.493 e. The minimum absolute atomic E-state index is 0.0112. The second kappa shape index (κ2) is 4.79. The van der Waals surface area contributed by atoms with Gasteiger partial charge in [0, 0.05) is 6.20 Å². The summed E-state index contributed by atoms with van der Waals surface area (Å²) in [7, 11) is 1.44. The lowest BCUT2D eigenvalue weighted by Gasteiger charge is -2.17. The van der Waals surface area contributed by atoms with E-state index in [1.807, 2.05) is 13.8 Å². The lowest BCUT2D eigenvalue weighted by Crippen LogP contribution is -2.21. The molecule has 0 atom stereocenters. The highest BCUT2D eigenvalue weighted by atomic mass is 16.5. The van der Waals surface area contributed by atoms with Gasteiger partial charge in [0.15, 0.2) is 5.76 Å². The van der Waals surface area contributed by atoms with Crippen LogP contribution in [0, 0.1) is 0 Å². The lowest BCUT2D eigenvalue weighted by molar-refractivity contribution is -0.114. The van der Waals surface area contributed by atoms with Gasteiger partial charge in [0.1, 0.15) is 0 Å². The molecule has 0 radical (unpaired) electrons. The van der Waals surface area contributed by atoms with Crippen molar-refractivity contribution in [2.75, 3.05) is 7.11 Å². The van der Waals surface area contributed by atoms with Gasteiger partial charge in [0.25, 0.3) is 0 Å². The number of hydroxylamine groups is 2. The summed E-state index contributed by atoms with van der Waals surface area (Å²) in [6, 6.07) is -0.0112. The standard InChI is InChI=1S/C11H15NO3/c1-8(2)12(14)7-9-4-5-10(13)11(6-9)15-3/h4-8,14H,1-3H3/b9-7+. The van der Waals surface area contributed by atoms with E-state index in [2.05, 4.69) is 0 Å². The maximum atomic E-state index is 11.2. The molecule has 0 aromatic heterocycles. The van der Waals surface area contributed by atoms with Gasteiger partial charge in [-0.15, -0.1) is 0 Å². The van der Waals surface area contributed by atoms with E-state index in [1.54, 1.807) is 18.4 Å². The molecule has 0 spiro atoms. The fourth-order valence-corrected chi connectivity index (χ4v) is 1.07. The molecule has 0 amide bonds. The van der Waals surface area contributed by atoms with Crippen LogP contribution in [-0.4, -0.2) is 29.2 Å². The highest BCUT2D eigenvalue weighted by Gasteiger charge is 2.12. The molecule has 4 nitrogen and oxygen atoms in total. The number of nitrogens with zero attached hydrogens (tertiary/aromatic N) is 1. The molecule has 0 unspecified atom stereocenters. The minimum atomic E-state index is -0.163. The zero-order chi connectivity index (χ0) is 11.4. The molecule has 0 bridgehead atoms. The van der Waals surface area contributed by atoms with Gasteiger partial charge in [-0.2, -0.15) is 0 Å². The predicted octanol–water partition coefficient (Wildman–Crippen LogP) is 1.64. The van der Waals surface area contributed by atoms with Crippen molar-refractivity contribution >= 4 is 5.78 Å². The molecule has 1 aliphatic carbocycles. The van der Waals surface area contributed by atoms with Crippen LogP contribution in [0.15, 0.2) is 35.8 Å². The van der Waals surface area contributed by atoms with Crippen LogP contribution in [-0.2, 0) is 9.53 Å². The van der Waals surface area contributed by atoms with E-state index in [0.717, 1.165) is 10.6 Å². The maximum absolute atomic E-state index is 11.2. The van der Waals surface area contributed by atoms with Crippen molar-refractivity contribution in [2.24, 2.45) is 0 Å². The van der Waals surface area contributed by atoms with Crippen molar-refractivity contribution in [2.45, 2.75) is 19.9 Å². The number of rotatable bonds is 3. The normalized spacial score (nSPS) is 18.3. The first kappa shape index (κ1) is 11.5. The van der Waals surface area contributed by atoms with Crippen molar-refractivity contribution in [1.29, 1.82) is 0 Å². The Hall–Kier alpha value is -1.55. The lowest BCUT2D eigenvalue weighted by atomic mass is 10.1. The molecule has 1 N–H and O–H groups in total. The first-order valence-electron chi connectivity index (χ1n) is 4.71. The Morgan fingerprint density at radius 2 is 2.13 bits per heavy atom. The fourth-order valence-electron chi connectivity index (χ4n) is 1.07. The third-order valence-corrected chi connectivity index (χ3v) is 2.00. The van der Waals surface area contributed by atoms with E-state index in [0.29, 0.717) is 0 Å². The van der Waals surface area contributed by atoms with Crippen LogP contribution in [0.2, 0.25) is 0 Å². The number of ketones is 1. The van der Waals surface area contributed by atoms with Crippen molar-refractivity contribution in [1.82, 2.24) is 5.06 Å². The summed E-state index contributed by atoms with van der Waals surface area (Å²) >= 11 is 0. The zero-order valence-electron chi connectivity index (χ0n) is 9.10. The van der Waals surface area contributed by atoms with E-state index in [-0.39, 0.29) is 17.6 Å². The Labute approximate surface area is 89.1 Å². The Morgan fingerprint density at radius 3 is 2.67 bits per heavy atom. The molecule has 0 aliphatic heterocycles. The van der Waals surface area contributed by atoms with Gasteiger partial charge in [0.05, 0.1) is 13.2 Å². The Balaban J connectivity index is 2.85. The first-order chi connectivity index (χ1) is 7.04. The molecule has 4 heteroatoms. The molecule has 0 aromatic carbocycles. The summed E-state index contributed by atoms with van der Waals surface area (Å²) in [6.45, 7) is 3.71. The number of ether oxygens (including phenoxy) is 1. The van der Waals surface area contributed by atoms with Crippen molar-refractivity contribution in [3.63, 3.8) is 0 Å². The van der Waals surface area contributed by atoms with E-state index >= 15 is 0 Å². The van der Waals surface area contributed by atoms with Crippen molar-refractivity contribution in [3.8, 4) is 0 Å². The number of hydrogen-bond donors (Lipinski definition) is 1. The summed E-state index contributed by atoms with van der Waals surface area (Å²) < 4.78 is 4.90. The summed E-state index contributed by atoms with van der Waals surface area (Å²) in [5.41, 5.74) is 0.725. The Bertz CT molecular complexity index is 340. The topological polar surface area (TPSA) is 49.8 Å². The summed E-state index contributed by atoms with van der Waals surface area (Å²) in [5, 5.41) is 10.6. The molecule has 0 saturated carbocycles. The molecule has 15 heavy (non-hydrogen) atoms. The molecular formula is C11H15NO3. The predicted molar refractivity (Wildman–Crippen MR) is 56.1 cm³/mol. The van der Waals surface area contributed by atoms with Gasteiger partial charge in [0.2, 0.25) is 5.78 Å². The van der Waals surface area contributed by atoms with Crippen LogP contribution in [0.1, 0.15) is 13.8 Å². The highest BCUT2D eigenvalue weighted by molar-refractivity contribution is 6.04. The summed E-state index contributed by atoms with van der Waals surface area (Å²) in [5.74, 6) is 0.115. The number of hydrogen-bond acceptors (Lipinski definition) is 4. The SMILES string of the molecule is COC1=C/C(=C/N(O)C(C)C)C=CC1=O. The monoisotopic (exact) mass is 209 g/mol. The molecule has 82 valence electrons. The average molecular weight is 209 g/mol. The van der Waals surface area contributed by atoms with Gasteiger partial charge in [-0.1, -0.05) is 0 Å².